The zero-order valence-corrected chi connectivity index (χ0v) is 12.3. The molecule has 0 amide bonds. The molecule has 17 heavy (non-hydrogen) atoms. The van der Waals surface area contributed by atoms with E-state index in [4.69, 9.17) is 0 Å². The zero-order chi connectivity index (χ0) is 12.7. The maximum atomic E-state index is 3.73. The molecule has 1 aliphatic carbocycles. The second-order valence-corrected chi connectivity index (χ2v) is 5.91. The Labute approximate surface area is 108 Å². The van der Waals surface area contributed by atoms with Gasteiger partial charge in [0.15, 0.2) is 0 Å². The molecule has 1 aliphatic rings. The summed E-state index contributed by atoms with van der Waals surface area (Å²) in [6, 6.07) is 0.623. The highest BCUT2D eigenvalue weighted by atomic mass is 14.9. The van der Waals surface area contributed by atoms with Crippen LogP contribution in [0.2, 0.25) is 0 Å². The van der Waals surface area contributed by atoms with E-state index in [1.807, 2.05) is 0 Å². The first-order valence-electron chi connectivity index (χ1n) is 7.55. The van der Waals surface area contributed by atoms with Crippen LogP contribution in [-0.4, -0.2) is 12.6 Å². The fourth-order valence-corrected chi connectivity index (χ4v) is 2.99. The molecule has 0 aromatic rings. The molecular weight excluding hydrogens is 206 g/mol. The van der Waals surface area contributed by atoms with Crippen molar-refractivity contribution < 1.29 is 0 Å². The minimum absolute atomic E-state index is 0.623. The van der Waals surface area contributed by atoms with Gasteiger partial charge in [-0.3, -0.25) is 0 Å². The van der Waals surface area contributed by atoms with Crippen molar-refractivity contribution >= 4 is 0 Å². The molecule has 0 aromatic heterocycles. The first kappa shape index (κ1) is 14.8. The number of rotatable bonds is 6. The maximum absolute atomic E-state index is 3.73. The molecule has 1 heteroatoms. The van der Waals surface area contributed by atoms with E-state index in [9.17, 15) is 0 Å². The summed E-state index contributed by atoms with van der Waals surface area (Å²) in [5.41, 5.74) is 1.45. The van der Waals surface area contributed by atoms with Crippen LogP contribution in [0.15, 0.2) is 11.6 Å². The Morgan fingerprint density at radius 3 is 2.29 bits per heavy atom. The fourth-order valence-electron chi connectivity index (χ4n) is 2.99. The van der Waals surface area contributed by atoms with Crippen LogP contribution < -0.4 is 5.32 Å². The highest BCUT2D eigenvalue weighted by Crippen LogP contribution is 2.33. The van der Waals surface area contributed by atoms with Crippen molar-refractivity contribution in [3.63, 3.8) is 0 Å². The van der Waals surface area contributed by atoms with Crippen LogP contribution in [0.4, 0.5) is 0 Å². The van der Waals surface area contributed by atoms with Crippen molar-refractivity contribution in [1.29, 1.82) is 0 Å². The monoisotopic (exact) mass is 237 g/mol. The van der Waals surface area contributed by atoms with Gasteiger partial charge in [0, 0.05) is 6.04 Å². The number of hydrogen-bond donors (Lipinski definition) is 1. The predicted octanol–water partition coefficient (Wildman–Crippen LogP) is 4.54. The van der Waals surface area contributed by atoms with Gasteiger partial charge in [0.2, 0.25) is 0 Å². The molecule has 0 bridgehead atoms. The molecule has 0 saturated heterocycles. The van der Waals surface area contributed by atoms with E-state index in [1.54, 1.807) is 0 Å². The van der Waals surface area contributed by atoms with Crippen molar-refractivity contribution in [2.45, 2.75) is 72.3 Å². The Balaban J connectivity index is 2.49. The first-order valence-corrected chi connectivity index (χ1v) is 7.55. The molecule has 1 rings (SSSR count). The van der Waals surface area contributed by atoms with Gasteiger partial charge < -0.3 is 5.32 Å². The van der Waals surface area contributed by atoms with Gasteiger partial charge in [-0.2, -0.15) is 0 Å². The standard InChI is InChI=1S/C16H31N/c1-5-11-17-16(12-13(3)4)15-9-7-14(6-2)8-10-15/h12,14-17H,5-11H2,1-4H3. The maximum Gasteiger partial charge on any atom is 0.0280 e. The quantitative estimate of drug-likeness (QED) is 0.669. The topological polar surface area (TPSA) is 12.0 Å². The summed E-state index contributed by atoms with van der Waals surface area (Å²) in [4.78, 5) is 0. The largest absolute Gasteiger partial charge is 0.310 e. The molecule has 0 heterocycles. The zero-order valence-electron chi connectivity index (χ0n) is 12.3. The summed E-state index contributed by atoms with van der Waals surface area (Å²) in [6.07, 6.45) is 10.8. The van der Waals surface area contributed by atoms with E-state index in [0.29, 0.717) is 6.04 Å². The van der Waals surface area contributed by atoms with E-state index >= 15 is 0 Å². The molecule has 1 unspecified atom stereocenters. The number of allylic oxidation sites excluding steroid dienone is 1. The van der Waals surface area contributed by atoms with Gasteiger partial charge in [-0.05, 0) is 51.5 Å². The van der Waals surface area contributed by atoms with Gasteiger partial charge in [0.1, 0.15) is 0 Å². The third-order valence-corrected chi connectivity index (χ3v) is 4.12. The van der Waals surface area contributed by atoms with Crippen LogP contribution in [0.5, 0.6) is 0 Å². The van der Waals surface area contributed by atoms with Gasteiger partial charge in [-0.15, -0.1) is 0 Å². The Kier molecular flexibility index (Phi) is 6.87. The molecule has 1 fully saturated rings. The SMILES string of the molecule is CCCNC(C=C(C)C)C1CCC(CC)CC1. The van der Waals surface area contributed by atoms with E-state index in [0.717, 1.165) is 18.4 Å². The fraction of sp³-hybridized carbons (Fsp3) is 0.875. The van der Waals surface area contributed by atoms with Crippen LogP contribution >= 0.6 is 0 Å². The van der Waals surface area contributed by atoms with Crippen LogP contribution in [-0.2, 0) is 0 Å². The molecule has 1 nitrogen and oxygen atoms in total. The Morgan fingerprint density at radius 1 is 1.18 bits per heavy atom. The van der Waals surface area contributed by atoms with E-state index in [1.165, 1.54) is 44.1 Å². The van der Waals surface area contributed by atoms with Crippen LogP contribution in [0.3, 0.4) is 0 Å². The van der Waals surface area contributed by atoms with Crippen molar-refractivity contribution in [2.75, 3.05) is 6.54 Å². The van der Waals surface area contributed by atoms with Gasteiger partial charge in [-0.1, -0.05) is 44.8 Å². The van der Waals surface area contributed by atoms with Gasteiger partial charge in [0.05, 0.1) is 0 Å². The summed E-state index contributed by atoms with van der Waals surface area (Å²) < 4.78 is 0. The lowest BCUT2D eigenvalue weighted by Crippen LogP contribution is -2.37. The molecule has 0 spiro atoms. The van der Waals surface area contributed by atoms with E-state index in [-0.39, 0.29) is 0 Å². The number of nitrogens with one attached hydrogen (secondary N) is 1. The molecule has 100 valence electrons. The van der Waals surface area contributed by atoms with E-state index in [2.05, 4.69) is 39.1 Å². The van der Waals surface area contributed by atoms with Crippen molar-refractivity contribution in [2.24, 2.45) is 11.8 Å². The normalized spacial score (nSPS) is 26.6. The van der Waals surface area contributed by atoms with Crippen molar-refractivity contribution in [1.82, 2.24) is 5.32 Å². The highest BCUT2D eigenvalue weighted by Gasteiger charge is 2.25. The average Bonchev–Trinajstić information content (AvgIpc) is 2.34. The second-order valence-electron chi connectivity index (χ2n) is 5.91. The Morgan fingerprint density at radius 2 is 1.82 bits per heavy atom. The van der Waals surface area contributed by atoms with Gasteiger partial charge in [-0.25, -0.2) is 0 Å². The van der Waals surface area contributed by atoms with Gasteiger partial charge in [0.25, 0.3) is 0 Å². The molecule has 1 saturated carbocycles. The van der Waals surface area contributed by atoms with Crippen molar-refractivity contribution in [3.05, 3.63) is 11.6 Å². The third kappa shape index (κ3) is 5.25. The molecule has 0 aliphatic heterocycles. The van der Waals surface area contributed by atoms with E-state index < -0.39 is 0 Å². The summed E-state index contributed by atoms with van der Waals surface area (Å²) in [5, 5.41) is 3.73. The summed E-state index contributed by atoms with van der Waals surface area (Å²) in [6.45, 7) is 10.2. The molecule has 0 radical (unpaired) electrons. The lowest BCUT2D eigenvalue weighted by molar-refractivity contribution is 0.237. The Bertz CT molecular complexity index is 220. The second kappa shape index (κ2) is 7.92. The summed E-state index contributed by atoms with van der Waals surface area (Å²) in [5.74, 6) is 1.88. The minimum Gasteiger partial charge on any atom is -0.310 e. The van der Waals surface area contributed by atoms with Gasteiger partial charge >= 0.3 is 0 Å². The molecule has 1 N–H and O–H groups in total. The lowest BCUT2D eigenvalue weighted by atomic mass is 9.77. The first-order chi connectivity index (χ1) is 8.17. The van der Waals surface area contributed by atoms with Crippen LogP contribution in [0, 0.1) is 11.8 Å². The smallest absolute Gasteiger partial charge is 0.0280 e. The molecule has 1 atom stereocenters. The average molecular weight is 237 g/mol. The lowest BCUT2D eigenvalue weighted by Gasteiger charge is -2.33. The van der Waals surface area contributed by atoms with Crippen LogP contribution in [0.25, 0.3) is 0 Å². The summed E-state index contributed by atoms with van der Waals surface area (Å²) in [7, 11) is 0. The highest BCUT2D eigenvalue weighted by molar-refractivity contribution is 5.04. The van der Waals surface area contributed by atoms with Crippen molar-refractivity contribution in [3.8, 4) is 0 Å². The number of hydrogen-bond acceptors (Lipinski definition) is 1. The van der Waals surface area contributed by atoms with Crippen LogP contribution in [0.1, 0.15) is 66.2 Å². The summed E-state index contributed by atoms with van der Waals surface area (Å²) >= 11 is 0. The predicted molar refractivity (Wildman–Crippen MR) is 77.3 cm³/mol. The minimum atomic E-state index is 0.623. The molecular formula is C16H31N. The third-order valence-electron chi connectivity index (χ3n) is 4.12. The Hall–Kier alpha value is -0.300. The molecule has 0 aromatic carbocycles.